The van der Waals surface area contributed by atoms with Crippen LogP contribution in [0, 0.1) is 0 Å². The Morgan fingerprint density at radius 3 is 1.70 bits per heavy atom. The predicted octanol–water partition coefficient (Wildman–Crippen LogP) is 12.3. The standard InChI is InChI=1S/C48H32N2/c1-3-11-37-29(9-1)19-25-41-45(39-13-5-7-15-43(39)49-47(37)41)33-21-23-35-31(27-33)17-18-32-28-34(22-24-36(32)35)46-40-14-6-8-16-44(40)50-48-38-12-4-2-10-30(38)20-26-42(46)48/h1,3-9,11-16,19-28H,2,10,17-18H2. The number of aromatic nitrogens is 2. The second-order valence-electron chi connectivity index (χ2n) is 13.9. The van der Waals surface area contributed by atoms with E-state index in [2.05, 4.69) is 146 Å². The molecule has 0 unspecified atom stereocenters. The van der Waals surface area contributed by atoms with E-state index in [-0.39, 0.29) is 0 Å². The van der Waals surface area contributed by atoms with Crippen LogP contribution in [0.25, 0.3) is 93.8 Å². The minimum Gasteiger partial charge on any atom is -0.247 e. The molecule has 0 atom stereocenters. The van der Waals surface area contributed by atoms with Crippen LogP contribution in [-0.2, 0) is 19.3 Å². The molecule has 2 aliphatic carbocycles. The maximum Gasteiger partial charge on any atom is 0.0794 e. The quantitative estimate of drug-likeness (QED) is 0.139. The Hall–Kier alpha value is -6.12. The van der Waals surface area contributed by atoms with E-state index < -0.39 is 0 Å². The van der Waals surface area contributed by atoms with E-state index in [0.29, 0.717) is 0 Å². The first kappa shape index (κ1) is 27.8. The molecule has 0 bridgehead atoms. The number of allylic oxidation sites excluding steroid dienone is 1. The monoisotopic (exact) mass is 636 g/mol. The summed E-state index contributed by atoms with van der Waals surface area (Å²) < 4.78 is 0. The van der Waals surface area contributed by atoms with Crippen molar-refractivity contribution in [3.63, 3.8) is 0 Å². The number of benzene rings is 7. The zero-order valence-corrected chi connectivity index (χ0v) is 27.6. The van der Waals surface area contributed by atoms with Crippen LogP contribution in [0.1, 0.15) is 28.7 Å². The summed E-state index contributed by atoms with van der Waals surface area (Å²) in [6.45, 7) is 0. The van der Waals surface area contributed by atoms with Crippen LogP contribution in [-0.4, -0.2) is 9.97 Å². The van der Waals surface area contributed by atoms with Crippen molar-refractivity contribution in [1.82, 2.24) is 9.97 Å². The molecule has 11 rings (SSSR count). The first-order chi connectivity index (χ1) is 24.8. The molecule has 50 heavy (non-hydrogen) atoms. The molecule has 2 aliphatic rings. The van der Waals surface area contributed by atoms with Crippen molar-refractivity contribution in [1.29, 1.82) is 0 Å². The SMILES string of the molecule is C1=Cc2c(ccc3c(-c4ccc5c(c4)CCc4cc(-c6c7ccccc7nc7c6ccc6ccccc67)ccc4-5)c4ccccc4nc23)CC1. The molecule has 9 aromatic rings. The molecule has 0 N–H and O–H groups in total. The van der Waals surface area contributed by atoms with Gasteiger partial charge in [0.25, 0.3) is 0 Å². The molecule has 2 heterocycles. The van der Waals surface area contributed by atoms with Gasteiger partial charge in [-0.2, -0.15) is 0 Å². The fourth-order valence-corrected chi connectivity index (χ4v) is 8.82. The van der Waals surface area contributed by atoms with E-state index in [1.165, 1.54) is 88.0 Å². The van der Waals surface area contributed by atoms with Crippen molar-refractivity contribution < 1.29 is 0 Å². The Kier molecular flexibility index (Phi) is 5.94. The molecule has 0 radical (unpaired) electrons. The highest BCUT2D eigenvalue weighted by Crippen LogP contribution is 2.44. The normalized spacial score (nSPS) is 13.6. The molecule has 0 saturated heterocycles. The summed E-state index contributed by atoms with van der Waals surface area (Å²) in [6, 6.07) is 49.3. The highest BCUT2D eigenvalue weighted by atomic mass is 14.7. The van der Waals surface area contributed by atoms with Gasteiger partial charge in [-0.25, -0.2) is 9.97 Å². The lowest BCUT2D eigenvalue weighted by atomic mass is 9.81. The van der Waals surface area contributed by atoms with Gasteiger partial charge in [0.15, 0.2) is 0 Å². The zero-order chi connectivity index (χ0) is 32.8. The molecule has 2 heteroatoms. The Morgan fingerprint density at radius 2 is 1.00 bits per heavy atom. The number of fused-ring (bicyclic) bond motifs is 11. The smallest absolute Gasteiger partial charge is 0.0794 e. The lowest BCUT2D eigenvalue weighted by Gasteiger charge is -2.23. The summed E-state index contributed by atoms with van der Waals surface area (Å²) in [6.07, 6.45) is 8.78. The predicted molar refractivity (Wildman–Crippen MR) is 211 cm³/mol. The summed E-state index contributed by atoms with van der Waals surface area (Å²) in [5.41, 5.74) is 17.6. The Balaban J connectivity index is 1.07. The summed E-state index contributed by atoms with van der Waals surface area (Å²) in [5, 5.41) is 7.27. The van der Waals surface area contributed by atoms with E-state index >= 15 is 0 Å². The van der Waals surface area contributed by atoms with Crippen LogP contribution in [0.15, 0.2) is 140 Å². The van der Waals surface area contributed by atoms with Crippen molar-refractivity contribution in [3.05, 3.63) is 162 Å². The molecule has 2 aromatic heterocycles. The summed E-state index contributed by atoms with van der Waals surface area (Å²) >= 11 is 0. The third kappa shape index (κ3) is 4.09. The van der Waals surface area contributed by atoms with E-state index in [0.717, 1.165) is 47.8 Å². The summed E-state index contributed by atoms with van der Waals surface area (Å²) in [7, 11) is 0. The maximum atomic E-state index is 5.23. The van der Waals surface area contributed by atoms with Gasteiger partial charge in [0, 0.05) is 43.6 Å². The van der Waals surface area contributed by atoms with Crippen molar-refractivity contribution in [2.24, 2.45) is 0 Å². The average Bonchev–Trinajstić information content (AvgIpc) is 3.18. The number of pyridine rings is 2. The van der Waals surface area contributed by atoms with Crippen molar-refractivity contribution in [3.8, 4) is 33.4 Å². The van der Waals surface area contributed by atoms with Crippen LogP contribution in [0.3, 0.4) is 0 Å². The molecule has 0 amide bonds. The van der Waals surface area contributed by atoms with Gasteiger partial charge >= 0.3 is 0 Å². The molecular weight excluding hydrogens is 605 g/mol. The first-order valence-corrected chi connectivity index (χ1v) is 17.8. The summed E-state index contributed by atoms with van der Waals surface area (Å²) in [4.78, 5) is 10.4. The number of hydrogen-bond acceptors (Lipinski definition) is 2. The van der Waals surface area contributed by atoms with Crippen LogP contribution in [0.4, 0.5) is 0 Å². The van der Waals surface area contributed by atoms with Gasteiger partial charge in [-0.05, 0) is 82.1 Å². The van der Waals surface area contributed by atoms with Gasteiger partial charge < -0.3 is 0 Å². The third-order valence-corrected chi connectivity index (χ3v) is 11.2. The van der Waals surface area contributed by atoms with Crippen LogP contribution in [0.5, 0.6) is 0 Å². The number of hydrogen-bond donors (Lipinski definition) is 0. The number of aryl methyl sites for hydroxylation is 3. The van der Waals surface area contributed by atoms with Gasteiger partial charge in [-0.3, -0.25) is 0 Å². The molecule has 2 nitrogen and oxygen atoms in total. The largest absolute Gasteiger partial charge is 0.247 e. The fourth-order valence-electron chi connectivity index (χ4n) is 8.82. The lowest BCUT2D eigenvalue weighted by molar-refractivity contribution is 0.943. The molecule has 234 valence electrons. The topological polar surface area (TPSA) is 25.8 Å². The van der Waals surface area contributed by atoms with E-state index in [1.54, 1.807) is 0 Å². The average molecular weight is 637 g/mol. The van der Waals surface area contributed by atoms with Gasteiger partial charge in [0.1, 0.15) is 0 Å². The second kappa shape index (κ2) is 10.7. The molecule has 7 aromatic carbocycles. The van der Waals surface area contributed by atoms with Crippen molar-refractivity contribution in [2.45, 2.75) is 25.7 Å². The Labute approximate surface area is 290 Å². The van der Waals surface area contributed by atoms with Crippen molar-refractivity contribution in [2.75, 3.05) is 0 Å². The molecule has 0 spiro atoms. The lowest BCUT2D eigenvalue weighted by Crippen LogP contribution is -2.05. The van der Waals surface area contributed by atoms with Gasteiger partial charge in [0.2, 0.25) is 0 Å². The van der Waals surface area contributed by atoms with Crippen molar-refractivity contribution >= 4 is 60.5 Å². The number of rotatable bonds is 2. The van der Waals surface area contributed by atoms with Crippen LogP contribution >= 0.6 is 0 Å². The third-order valence-electron chi connectivity index (χ3n) is 11.2. The van der Waals surface area contributed by atoms with Crippen LogP contribution < -0.4 is 0 Å². The van der Waals surface area contributed by atoms with E-state index in [9.17, 15) is 0 Å². The minimum absolute atomic E-state index is 1.01. The highest BCUT2D eigenvalue weighted by molar-refractivity contribution is 6.17. The van der Waals surface area contributed by atoms with Crippen LogP contribution in [0.2, 0.25) is 0 Å². The van der Waals surface area contributed by atoms with Gasteiger partial charge in [-0.1, -0.05) is 133 Å². The zero-order valence-electron chi connectivity index (χ0n) is 27.6. The highest BCUT2D eigenvalue weighted by Gasteiger charge is 2.22. The molecular formula is C48H32N2. The molecule has 0 saturated carbocycles. The Morgan fingerprint density at radius 1 is 0.420 bits per heavy atom. The first-order valence-electron chi connectivity index (χ1n) is 17.8. The summed E-state index contributed by atoms with van der Waals surface area (Å²) in [5.74, 6) is 0. The maximum absolute atomic E-state index is 5.23. The minimum atomic E-state index is 1.01. The number of para-hydroxylation sites is 2. The molecule has 0 fully saturated rings. The fraction of sp³-hybridized carbons (Fsp3) is 0.0833. The molecule has 0 aliphatic heterocycles. The Bertz CT molecular complexity index is 2930. The number of nitrogens with zero attached hydrogens (tertiary/aromatic N) is 2. The van der Waals surface area contributed by atoms with Gasteiger partial charge in [0.05, 0.1) is 22.1 Å². The second-order valence-corrected chi connectivity index (χ2v) is 13.9. The van der Waals surface area contributed by atoms with Gasteiger partial charge in [-0.15, -0.1) is 0 Å². The van der Waals surface area contributed by atoms with E-state index in [4.69, 9.17) is 9.97 Å². The van der Waals surface area contributed by atoms with E-state index in [1.807, 2.05) is 0 Å².